The molecule has 2 fully saturated rings. The van der Waals surface area contributed by atoms with Crippen molar-refractivity contribution in [3.63, 3.8) is 0 Å². The summed E-state index contributed by atoms with van der Waals surface area (Å²) in [6, 6.07) is 0. The summed E-state index contributed by atoms with van der Waals surface area (Å²) in [5.74, 6) is 0. The molecule has 11 N–H and O–H groups in total. The van der Waals surface area contributed by atoms with Gasteiger partial charge in [-0.25, -0.2) is 0 Å². The predicted octanol–water partition coefficient (Wildman–Crippen LogP) is -5.49. The lowest BCUT2D eigenvalue weighted by Crippen LogP contribution is -2.62. The van der Waals surface area contributed by atoms with Gasteiger partial charge >= 0.3 is 0 Å². The second-order valence-corrected chi connectivity index (χ2v) is 10.8. The van der Waals surface area contributed by atoms with Crippen molar-refractivity contribution < 1.29 is 75.1 Å². The molecule has 0 amide bonds. The standard InChI is InChI=1S/C22H42O15/c1-22(2,3)4-8(24)12(26)13(27)9(25)6-34-20-19(33)17(31)15(29)11(37-20)7-35-21-18(32)16(30)14(28)10(5-23)36-21/h8-21,23-33H,4-7H2,1-3H3/t8-,9+,10+,11+,12+,13+,14+,15+,16-,17-,18+,19+,20-,21-/m0/s1. The van der Waals surface area contributed by atoms with E-state index in [1.54, 1.807) is 0 Å². The second-order valence-electron chi connectivity index (χ2n) is 10.8. The van der Waals surface area contributed by atoms with E-state index in [0.717, 1.165) is 0 Å². The fraction of sp³-hybridized carbons (Fsp3) is 1.00. The van der Waals surface area contributed by atoms with E-state index < -0.39 is 106 Å². The summed E-state index contributed by atoms with van der Waals surface area (Å²) in [7, 11) is 0. The number of aliphatic hydroxyl groups excluding tert-OH is 11. The maximum absolute atomic E-state index is 10.3. The molecule has 15 heteroatoms. The molecule has 2 rings (SSSR count). The van der Waals surface area contributed by atoms with Gasteiger partial charge in [-0.05, 0) is 11.8 Å². The van der Waals surface area contributed by atoms with Crippen molar-refractivity contribution >= 4 is 0 Å². The number of ether oxygens (including phenoxy) is 4. The molecule has 0 saturated carbocycles. The van der Waals surface area contributed by atoms with Crippen LogP contribution in [0.25, 0.3) is 0 Å². The van der Waals surface area contributed by atoms with Crippen LogP contribution in [0, 0.1) is 5.41 Å². The van der Waals surface area contributed by atoms with Crippen molar-refractivity contribution in [1.29, 1.82) is 0 Å². The molecule has 2 saturated heterocycles. The number of aliphatic hydroxyl groups is 11. The molecular formula is C22H42O15. The summed E-state index contributed by atoms with van der Waals surface area (Å²) in [6.07, 6.45) is -22.6. The Balaban J connectivity index is 1.94. The predicted molar refractivity (Wildman–Crippen MR) is 120 cm³/mol. The normalized spacial score (nSPS) is 40.7. The summed E-state index contributed by atoms with van der Waals surface area (Å²) < 4.78 is 21.2. The van der Waals surface area contributed by atoms with Crippen LogP contribution >= 0.6 is 0 Å². The minimum Gasteiger partial charge on any atom is -0.394 e. The largest absolute Gasteiger partial charge is 0.394 e. The molecule has 0 radical (unpaired) electrons. The molecule has 0 aromatic carbocycles. The molecule has 0 aromatic heterocycles. The van der Waals surface area contributed by atoms with Gasteiger partial charge in [-0.2, -0.15) is 0 Å². The fourth-order valence-electron chi connectivity index (χ4n) is 4.08. The van der Waals surface area contributed by atoms with Crippen LogP contribution in [0.15, 0.2) is 0 Å². The summed E-state index contributed by atoms with van der Waals surface area (Å²) in [5, 5.41) is 110. The fourth-order valence-corrected chi connectivity index (χ4v) is 4.08. The molecule has 220 valence electrons. The summed E-state index contributed by atoms with van der Waals surface area (Å²) in [4.78, 5) is 0. The maximum atomic E-state index is 10.3. The molecule has 2 aliphatic heterocycles. The van der Waals surface area contributed by atoms with Gasteiger partial charge in [0.25, 0.3) is 0 Å². The summed E-state index contributed by atoms with van der Waals surface area (Å²) in [6.45, 7) is 3.47. The van der Waals surface area contributed by atoms with Crippen LogP contribution in [0.2, 0.25) is 0 Å². The Morgan fingerprint density at radius 1 is 0.649 bits per heavy atom. The van der Waals surface area contributed by atoms with Crippen LogP contribution in [0.1, 0.15) is 27.2 Å². The molecule has 0 aliphatic carbocycles. The first kappa shape index (κ1) is 32.6. The van der Waals surface area contributed by atoms with Crippen molar-refractivity contribution in [3.05, 3.63) is 0 Å². The van der Waals surface area contributed by atoms with Gasteiger partial charge in [-0.1, -0.05) is 20.8 Å². The van der Waals surface area contributed by atoms with E-state index in [9.17, 15) is 56.2 Å². The summed E-state index contributed by atoms with van der Waals surface area (Å²) in [5.41, 5.74) is -0.370. The Kier molecular flexibility index (Phi) is 12.0. The lowest BCUT2D eigenvalue weighted by atomic mass is 9.86. The Morgan fingerprint density at radius 2 is 1.11 bits per heavy atom. The van der Waals surface area contributed by atoms with Gasteiger partial charge in [0.1, 0.15) is 67.1 Å². The maximum Gasteiger partial charge on any atom is 0.186 e. The Bertz CT molecular complexity index is 675. The Hall–Kier alpha value is -0.600. The minimum atomic E-state index is -1.82. The van der Waals surface area contributed by atoms with E-state index in [0.29, 0.717) is 0 Å². The van der Waals surface area contributed by atoms with Crippen LogP contribution in [0.3, 0.4) is 0 Å². The molecule has 37 heavy (non-hydrogen) atoms. The van der Waals surface area contributed by atoms with Crippen molar-refractivity contribution in [2.45, 2.75) is 113 Å². The summed E-state index contributed by atoms with van der Waals surface area (Å²) >= 11 is 0. The van der Waals surface area contributed by atoms with Gasteiger partial charge in [0.05, 0.1) is 25.9 Å². The SMILES string of the molecule is CC(C)(C)C[C@H](O)[C@@H](O)[C@H](O)[C@H](O)CO[C@H]1O[C@H](CO[C@H]2O[C@H](CO)[C@@H](O)[C@H](O)[C@H]2O)[C@@H](O)[C@H](O)[C@H]1O. The Morgan fingerprint density at radius 3 is 1.62 bits per heavy atom. The lowest BCUT2D eigenvalue weighted by Gasteiger charge is -2.42. The smallest absolute Gasteiger partial charge is 0.186 e. The van der Waals surface area contributed by atoms with E-state index in [1.165, 1.54) is 0 Å². The number of hydrogen-bond acceptors (Lipinski definition) is 15. The highest BCUT2D eigenvalue weighted by Gasteiger charge is 2.47. The van der Waals surface area contributed by atoms with Gasteiger partial charge in [0, 0.05) is 0 Å². The highest BCUT2D eigenvalue weighted by atomic mass is 16.7. The highest BCUT2D eigenvalue weighted by Crippen LogP contribution is 2.27. The van der Waals surface area contributed by atoms with Crippen molar-refractivity contribution in [2.24, 2.45) is 5.41 Å². The number of rotatable bonds is 11. The van der Waals surface area contributed by atoms with Gasteiger partial charge < -0.3 is 75.1 Å². The lowest BCUT2D eigenvalue weighted by molar-refractivity contribution is -0.333. The molecule has 14 atom stereocenters. The molecule has 2 heterocycles. The van der Waals surface area contributed by atoms with Gasteiger partial charge in [-0.3, -0.25) is 0 Å². The van der Waals surface area contributed by atoms with Crippen LogP contribution in [-0.4, -0.2) is 162 Å². The minimum absolute atomic E-state index is 0.128. The zero-order chi connectivity index (χ0) is 28.2. The van der Waals surface area contributed by atoms with Gasteiger partial charge in [0.2, 0.25) is 0 Å². The van der Waals surface area contributed by atoms with Crippen molar-refractivity contribution in [1.82, 2.24) is 0 Å². The molecule has 2 aliphatic rings. The van der Waals surface area contributed by atoms with Crippen LogP contribution in [0.5, 0.6) is 0 Å². The molecule has 0 bridgehead atoms. The van der Waals surface area contributed by atoms with Crippen LogP contribution in [0.4, 0.5) is 0 Å². The quantitative estimate of drug-likeness (QED) is 0.115. The monoisotopic (exact) mass is 546 g/mol. The Labute approximate surface area is 214 Å². The van der Waals surface area contributed by atoms with Crippen molar-refractivity contribution in [2.75, 3.05) is 19.8 Å². The second kappa shape index (κ2) is 13.6. The van der Waals surface area contributed by atoms with Crippen molar-refractivity contribution in [3.8, 4) is 0 Å². The van der Waals surface area contributed by atoms with Gasteiger partial charge in [-0.15, -0.1) is 0 Å². The van der Waals surface area contributed by atoms with Gasteiger partial charge in [0.15, 0.2) is 12.6 Å². The molecular weight excluding hydrogens is 504 g/mol. The average Bonchev–Trinajstić information content (AvgIpc) is 2.83. The van der Waals surface area contributed by atoms with E-state index >= 15 is 0 Å². The molecule has 0 spiro atoms. The van der Waals surface area contributed by atoms with E-state index in [-0.39, 0.29) is 11.8 Å². The van der Waals surface area contributed by atoms with Crippen LogP contribution in [-0.2, 0) is 18.9 Å². The molecule has 0 aromatic rings. The van der Waals surface area contributed by atoms with Crippen LogP contribution < -0.4 is 0 Å². The first-order chi connectivity index (χ1) is 17.1. The first-order valence-corrected chi connectivity index (χ1v) is 12.0. The zero-order valence-corrected chi connectivity index (χ0v) is 21.0. The van der Waals surface area contributed by atoms with E-state index in [2.05, 4.69) is 0 Å². The third-order valence-electron chi connectivity index (χ3n) is 6.33. The third kappa shape index (κ3) is 8.44. The molecule has 15 nitrogen and oxygen atoms in total. The first-order valence-electron chi connectivity index (χ1n) is 12.0. The highest BCUT2D eigenvalue weighted by molar-refractivity contribution is 4.92. The zero-order valence-electron chi connectivity index (χ0n) is 21.0. The topological polar surface area (TPSA) is 259 Å². The third-order valence-corrected chi connectivity index (χ3v) is 6.33. The molecule has 0 unspecified atom stereocenters. The van der Waals surface area contributed by atoms with E-state index in [1.807, 2.05) is 20.8 Å². The van der Waals surface area contributed by atoms with E-state index in [4.69, 9.17) is 18.9 Å². The average molecular weight is 547 g/mol. The number of hydrogen-bond donors (Lipinski definition) is 11.